The third-order valence-corrected chi connectivity index (χ3v) is 6.29. The van der Waals surface area contributed by atoms with Crippen LogP contribution in [0.25, 0.3) is 22.4 Å². The smallest absolute Gasteiger partial charge is 0.276 e. The summed E-state index contributed by atoms with van der Waals surface area (Å²) in [7, 11) is 1.63. The number of carbonyl (C=O) groups excluding carboxylic acids is 1. The molecule has 5 rings (SSSR count). The van der Waals surface area contributed by atoms with Crippen LogP contribution in [0.2, 0.25) is 0 Å². The average Bonchev–Trinajstić information content (AvgIpc) is 3.44. The first-order valence-electron chi connectivity index (χ1n) is 10.9. The van der Waals surface area contributed by atoms with Crippen molar-refractivity contribution in [2.24, 2.45) is 5.92 Å². The lowest BCUT2D eigenvalue weighted by atomic mass is 9.96. The zero-order chi connectivity index (χ0) is 22.1. The molecule has 0 saturated carbocycles. The molecule has 2 aromatic carbocycles. The number of rotatable bonds is 5. The largest absolute Gasteiger partial charge is 0.497 e. The number of aryl methyl sites for hydroxylation is 1. The Hall–Kier alpha value is -3.61. The second kappa shape index (κ2) is 8.49. The van der Waals surface area contributed by atoms with Crippen LogP contribution in [0, 0.1) is 12.8 Å². The molecule has 0 aliphatic carbocycles. The fraction of sp³-hybridized carbons (Fsp3) is 0.320. The molecule has 1 fully saturated rings. The Morgan fingerprint density at radius 3 is 2.62 bits per heavy atom. The van der Waals surface area contributed by atoms with Crippen LogP contribution in [-0.4, -0.2) is 45.7 Å². The summed E-state index contributed by atoms with van der Waals surface area (Å²) in [5.41, 5.74) is 3.43. The maximum atomic E-state index is 13.0. The van der Waals surface area contributed by atoms with Gasteiger partial charge in [0.05, 0.1) is 18.1 Å². The number of para-hydroxylation sites is 2. The lowest BCUT2D eigenvalue weighted by Crippen LogP contribution is -2.39. The highest BCUT2D eigenvalue weighted by Gasteiger charge is 2.26. The number of fused-ring (bicyclic) bond motifs is 1. The Bertz CT molecular complexity index is 1230. The van der Waals surface area contributed by atoms with E-state index in [1.165, 1.54) is 5.52 Å². The van der Waals surface area contributed by atoms with Gasteiger partial charge in [-0.1, -0.05) is 17.3 Å². The highest BCUT2D eigenvalue weighted by atomic mass is 16.5. The number of hydrogen-bond acceptors (Lipinski definition) is 5. The van der Waals surface area contributed by atoms with Crippen molar-refractivity contribution in [3.8, 4) is 17.1 Å². The summed E-state index contributed by atoms with van der Waals surface area (Å²) in [5, 5.41) is 4.03. The monoisotopic (exact) mass is 430 g/mol. The van der Waals surface area contributed by atoms with E-state index in [1.807, 2.05) is 35.2 Å². The standard InChI is InChI=1S/C25H26N4O3/c1-17-26-21-5-3-4-6-23(21)29(17)16-18-11-13-28(14-12-18)25(30)22-15-24(32-27-22)19-7-9-20(31-2)10-8-19/h3-10,15,18H,11-14,16H2,1-2H3. The molecular formula is C25H26N4O3. The Kier molecular flexibility index (Phi) is 5.39. The van der Waals surface area contributed by atoms with E-state index < -0.39 is 0 Å². The SMILES string of the molecule is COc1ccc(-c2cc(C(=O)N3CCC(Cn4c(C)nc5ccccc54)CC3)no2)cc1. The second-order valence-electron chi connectivity index (χ2n) is 8.30. The molecule has 0 radical (unpaired) electrons. The number of ether oxygens (including phenoxy) is 1. The summed E-state index contributed by atoms with van der Waals surface area (Å²) in [6.07, 6.45) is 1.92. The number of imidazole rings is 1. The van der Waals surface area contributed by atoms with Crippen molar-refractivity contribution in [2.45, 2.75) is 26.3 Å². The number of aromatic nitrogens is 3. The van der Waals surface area contributed by atoms with Gasteiger partial charge < -0.3 is 18.7 Å². The first-order chi connectivity index (χ1) is 15.6. The molecule has 0 N–H and O–H groups in total. The minimum Gasteiger partial charge on any atom is -0.497 e. The molecule has 32 heavy (non-hydrogen) atoms. The molecule has 0 unspecified atom stereocenters. The van der Waals surface area contributed by atoms with Gasteiger partial charge in [-0.2, -0.15) is 0 Å². The molecule has 7 heteroatoms. The molecular weight excluding hydrogens is 404 g/mol. The molecule has 1 amide bonds. The van der Waals surface area contributed by atoms with Gasteiger partial charge in [0.1, 0.15) is 11.6 Å². The van der Waals surface area contributed by atoms with Crippen molar-refractivity contribution in [3.63, 3.8) is 0 Å². The fourth-order valence-electron chi connectivity index (χ4n) is 4.43. The second-order valence-corrected chi connectivity index (χ2v) is 8.30. The number of hydrogen-bond donors (Lipinski definition) is 0. The van der Waals surface area contributed by atoms with Crippen LogP contribution in [-0.2, 0) is 6.54 Å². The van der Waals surface area contributed by atoms with Crippen LogP contribution in [0.15, 0.2) is 59.1 Å². The van der Waals surface area contributed by atoms with Crippen LogP contribution in [0.3, 0.4) is 0 Å². The predicted molar refractivity (Wildman–Crippen MR) is 122 cm³/mol. The number of nitrogens with zero attached hydrogens (tertiary/aromatic N) is 4. The number of likely N-dealkylation sites (tertiary alicyclic amines) is 1. The summed E-state index contributed by atoms with van der Waals surface area (Å²) in [5.74, 6) is 2.83. The molecule has 0 spiro atoms. The topological polar surface area (TPSA) is 73.4 Å². The van der Waals surface area contributed by atoms with Gasteiger partial charge in [0, 0.05) is 31.3 Å². The Morgan fingerprint density at radius 1 is 1.12 bits per heavy atom. The highest BCUT2D eigenvalue weighted by Crippen LogP contribution is 2.26. The summed E-state index contributed by atoms with van der Waals surface area (Å²) in [6, 6.07) is 17.5. The van der Waals surface area contributed by atoms with Gasteiger partial charge in [-0.3, -0.25) is 4.79 Å². The van der Waals surface area contributed by atoms with Gasteiger partial charge in [0.2, 0.25) is 0 Å². The van der Waals surface area contributed by atoms with E-state index in [0.717, 1.165) is 55.1 Å². The van der Waals surface area contributed by atoms with E-state index in [1.54, 1.807) is 13.2 Å². The molecule has 0 atom stereocenters. The van der Waals surface area contributed by atoms with Crippen molar-refractivity contribution in [1.29, 1.82) is 0 Å². The number of piperidine rings is 1. The molecule has 1 saturated heterocycles. The first-order valence-corrected chi connectivity index (χ1v) is 10.9. The molecule has 4 aromatic rings. The normalized spacial score (nSPS) is 14.8. The number of benzene rings is 2. The quantitative estimate of drug-likeness (QED) is 0.464. The van der Waals surface area contributed by atoms with Crippen molar-refractivity contribution in [3.05, 3.63) is 66.1 Å². The van der Waals surface area contributed by atoms with Gasteiger partial charge in [-0.25, -0.2) is 4.98 Å². The van der Waals surface area contributed by atoms with Gasteiger partial charge >= 0.3 is 0 Å². The third-order valence-electron chi connectivity index (χ3n) is 6.29. The van der Waals surface area contributed by atoms with Crippen LogP contribution < -0.4 is 4.74 Å². The fourth-order valence-corrected chi connectivity index (χ4v) is 4.43. The van der Waals surface area contributed by atoms with E-state index in [9.17, 15) is 4.79 Å². The van der Waals surface area contributed by atoms with Gasteiger partial charge in [0.15, 0.2) is 11.5 Å². The summed E-state index contributed by atoms with van der Waals surface area (Å²) < 4.78 is 12.9. The first kappa shape index (κ1) is 20.3. The van der Waals surface area contributed by atoms with E-state index in [0.29, 0.717) is 17.4 Å². The zero-order valence-corrected chi connectivity index (χ0v) is 18.3. The van der Waals surface area contributed by atoms with Gasteiger partial charge in [-0.05, 0) is 62.1 Å². The minimum atomic E-state index is -0.0729. The van der Waals surface area contributed by atoms with Crippen molar-refractivity contribution < 1.29 is 14.1 Å². The lowest BCUT2D eigenvalue weighted by Gasteiger charge is -2.32. The predicted octanol–water partition coefficient (Wildman–Crippen LogP) is 4.56. The molecule has 2 aromatic heterocycles. The molecule has 0 bridgehead atoms. The molecule has 164 valence electrons. The van der Waals surface area contributed by atoms with Crippen LogP contribution in [0.4, 0.5) is 0 Å². The zero-order valence-electron chi connectivity index (χ0n) is 18.3. The lowest BCUT2D eigenvalue weighted by molar-refractivity contribution is 0.0672. The molecule has 1 aliphatic rings. The number of amides is 1. The minimum absolute atomic E-state index is 0.0729. The van der Waals surface area contributed by atoms with Crippen molar-refractivity contribution in [1.82, 2.24) is 19.6 Å². The average molecular weight is 431 g/mol. The van der Waals surface area contributed by atoms with Crippen LogP contribution >= 0.6 is 0 Å². The number of carbonyl (C=O) groups is 1. The maximum Gasteiger partial charge on any atom is 0.276 e. The molecule has 1 aliphatic heterocycles. The Morgan fingerprint density at radius 2 is 1.88 bits per heavy atom. The van der Waals surface area contributed by atoms with Gasteiger partial charge in [0.25, 0.3) is 5.91 Å². The summed E-state index contributed by atoms with van der Waals surface area (Å²) >= 11 is 0. The van der Waals surface area contributed by atoms with Crippen molar-refractivity contribution >= 4 is 16.9 Å². The maximum absolute atomic E-state index is 13.0. The van der Waals surface area contributed by atoms with E-state index >= 15 is 0 Å². The van der Waals surface area contributed by atoms with Crippen LogP contribution in [0.5, 0.6) is 5.75 Å². The van der Waals surface area contributed by atoms with E-state index in [2.05, 4.69) is 39.8 Å². The summed E-state index contributed by atoms with van der Waals surface area (Å²) in [4.78, 5) is 19.5. The van der Waals surface area contributed by atoms with Gasteiger partial charge in [-0.15, -0.1) is 0 Å². The van der Waals surface area contributed by atoms with Crippen molar-refractivity contribution in [2.75, 3.05) is 20.2 Å². The molecule has 3 heterocycles. The molecule has 7 nitrogen and oxygen atoms in total. The van der Waals surface area contributed by atoms with Crippen LogP contribution in [0.1, 0.15) is 29.2 Å². The van der Waals surface area contributed by atoms with E-state index in [4.69, 9.17) is 9.26 Å². The van der Waals surface area contributed by atoms with E-state index in [-0.39, 0.29) is 5.91 Å². The highest BCUT2D eigenvalue weighted by molar-refractivity contribution is 5.93. The Labute approximate surface area is 186 Å². The number of methoxy groups -OCH3 is 1. The summed E-state index contributed by atoms with van der Waals surface area (Å²) in [6.45, 7) is 4.43. The Balaban J connectivity index is 1.22. The third kappa shape index (κ3) is 3.86.